The highest BCUT2D eigenvalue weighted by atomic mass is 16.6. The Hall–Kier alpha value is -3.96. The predicted octanol–water partition coefficient (Wildman–Crippen LogP) is 0.132. The third kappa shape index (κ3) is 33.6. The van der Waals surface area contributed by atoms with Crippen molar-refractivity contribution in [2.75, 3.05) is 92.6 Å². The molecule has 0 aliphatic rings. The molecule has 0 heterocycles. The van der Waals surface area contributed by atoms with E-state index >= 15 is 0 Å². The van der Waals surface area contributed by atoms with E-state index in [9.17, 15) is 28.8 Å². The Morgan fingerprint density at radius 3 is 1.70 bits per heavy atom. The molecule has 0 saturated carbocycles. The van der Waals surface area contributed by atoms with Gasteiger partial charge in [0.05, 0.1) is 78.5 Å². The van der Waals surface area contributed by atoms with Gasteiger partial charge in [-0.05, 0) is 37.3 Å². The predicted molar refractivity (Wildman–Crippen MR) is 201 cm³/mol. The summed E-state index contributed by atoms with van der Waals surface area (Å²) >= 11 is 0. The SMILES string of the molecule is CC(C)CCC(=O)NCCOCCOCCOCCOCCC(=O)NCC(=O)NCC(=O)NC(C=O)Cc1ccccc1.CNCC(=O)NCC(C)C. The van der Waals surface area contributed by atoms with Crippen molar-refractivity contribution < 1.29 is 47.7 Å². The summed E-state index contributed by atoms with van der Waals surface area (Å²) in [5, 5.41) is 15.8. The molecule has 0 aliphatic heterocycles. The van der Waals surface area contributed by atoms with Crippen molar-refractivity contribution in [3.05, 3.63) is 35.9 Å². The van der Waals surface area contributed by atoms with Crippen LogP contribution in [0.3, 0.4) is 0 Å². The first-order valence-electron chi connectivity index (χ1n) is 18.3. The lowest BCUT2D eigenvalue weighted by Gasteiger charge is -2.13. The molecule has 0 fully saturated rings. The van der Waals surface area contributed by atoms with E-state index in [1.54, 1.807) is 7.05 Å². The number of hydrogen-bond acceptors (Lipinski definition) is 11. The second kappa shape index (κ2) is 33.8. The highest BCUT2D eigenvalue weighted by Gasteiger charge is 2.13. The quantitative estimate of drug-likeness (QED) is 0.0460. The maximum absolute atomic E-state index is 12.0. The summed E-state index contributed by atoms with van der Waals surface area (Å²) in [7, 11) is 1.76. The molecule has 53 heavy (non-hydrogen) atoms. The maximum atomic E-state index is 12.0. The summed E-state index contributed by atoms with van der Waals surface area (Å²) in [6.07, 6.45) is 2.48. The summed E-state index contributed by atoms with van der Waals surface area (Å²) < 4.78 is 21.6. The second-order valence-corrected chi connectivity index (χ2v) is 12.8. The van der Waals surface area contributed by atoms with E-state index in [2.05, 4.69) is 59.6 Å². The van der Waals surface area contributed by atoms with Crippen LogP contribution in [-0.4, -0.2) is 134 Å². The number of ether oxygens (including phenoxy) is 4. The highest BCUT2D eigenvalue weighted by Crippen LogP contribution is 2.03. The number of carbonyl (C=O) groups excluding carboxylic acids is 6. The minimum absolute atomic E-state index is 0.0451. The Balaban J connectivity index is 0.00000234. The lowest BCUT2D eigenvalue weighted by Crippen LogP contribution is -2.45. The summed E-state index contributed by atoms with van der Waals surface area (Å²) in [5.74, 6) is -0.253. The van der Waals surface area contributed by atoms with Gasteiger partial charge in [0, 0.05) is 25.9 Å². The average Bonchev–Trinajstić information content (AvgIpc) is 3.13. The van der Waals surface area contributed by atoms with Crippen LogP contribution in [0.25, 0.3) is 0 Å². The first-order valence-corrected chi connectivity index (χ1v) is 18.3. The molecular formula is C37H64N6O10. The minimum atomic E-state index is -0.701. The van der Waals surface area contributed by atoms with Crippen LogP contribution < -0.4 is 31.9 Å². The van der Waals surface area contributed by atoms with Crippen LogP contribution in [-0.2, 0) is 54.1 Å². The molecule has 1 aromatic carbocycles. The van der Waals surface area contributed by atoms with Gasteiger partial charge in [0.25, 0.3) is 0 Å². The van der Waals surface area contributed by atoms with Gasteiger partial charge in [0.1, 0.15) is 6.29 Å². The van der Waals surface area contributed by atoms with Gasteiger partial charge in [-0.1, -0.05) is 58.0 Å². The van der Waals surface area contributed by atoms with E-state index in [0.29, 0.717) is 90.3 Å². The number of nitrogens with one attached hydrogen (secondary N) is 6. The molecule has 0 radical (unpaired) electrons. The van der Waals surface area contributed by atoms with Gasteiger partial charge in [0.15, 0.2) is 0 Å². The molecule has 0 bridgehead atoms. The van der Waals surface area contributed by atoms with E-state index in [0.717, 1.165) is 18.5 Å². The first kappa shape index (κ1) is 49.0. The van der Waals surface area contributed by atoms with Crippen molar-refractivity contribution in [2.45, 2.75) is 59.4 Å². The smallest absolute Gasteiger partial charge is 0.239 e. The van der Waals surface area contributed by atoms with Gasteiger partial charge in [-0.3, -0.25) is 24.0 Å². The summed E-state index contributed by atoms with van der Waals surface area (Å²) in [6.45, 7) is 12.3. The summed E-state index contributed by atoms with van der Waals surface area (Å²) in [5.41, 5.74) is 0.902. The number of amides is 5. The maximum Gasteiger partial charge on any atom is 0.239 e. The number of likely N-dealkylation sites (N-methyl/N-ethyl adjacent to an activating group) is 1. The Labute approximate surface area is 314 Å². The van der Waals surface area contributed by atoms with Crippen molar-refractivity contribution in [1.82, 2.24) is 31.9 Å². The van der Waals surface area contributed by atoms with Crippen molar-refractivity contribution in [3.63, 3.8) is 0 Å². The van der Waals surface area contributed by atoms with Gasteiger partial charge < -0.3 is 55.6 Å². The van der Waals surface area contributed by atoms with E-state index in [1.807, 2.05) is 30.3 Å². The molecule has 0 aliphatic carbocycles. The molecule has 1 rings (SSSR count). The average molecular weight is 753 g/mol. The van der Waals surface area contributed by atoms with Crippen LogP contribution in [0.1, 0.15) is 52.5 Å². The highest BCUT2D eigenvalue weighted by molar-refractivity contribution is 5.89. The van der Waals surface area contributed by atoms with Gasteiger partial charge in [0.2, 0.25) is 29.5 Å². The topological polar surface area (TPSA) is 212 Å². The van der Waals surface area contributed by atoms with Crippen molar-refractivity contribution in [1.29, 1.82) is 0 Å². The number of carbonyl (C=O) groups is 6. The van der Waals surface area contributed by atoms with Gasteiger partial charge >= 0.3 is 0 Å². The molecule has 5 amide bonds. The second-order valence-electron chi connectivity index (χ2n) is 12.8. The molecule has 1 atom stereocenters. The molecule has 16 heteroatoms. The molecule has 1 unspecified atom stereocenters. The van der Waals surface area contributed by atoms with Crippen molar-refractivity contribution in [2.24, 2.45) is 11.8 Å². The van der Waals surface area contributed by atoms with E-state index in [1.165, 1.54) is 0 Å². The van der Waals surface area contributed by atoms with Crippen LogP contribution in [0.4, 0.5) is 0 Å². The third-order valence-corrected chi connectivity index (χ3v) is 6.85. The van der Waals surface area contributed by atoms with Gasteiger partial charge in [-0.25, -0.2) is 0 Å². The van der Waals surface area contributed by atoms with Crippen LogP contribution in [0.5, 0.6) is 0 Å². The Bertz CT molecular complexity index is 1140. The fraction of sp³-hybridized carbons (Fsp3) is 0.676. The lowest BCUT2D eigenvalue weighted by molar-refractivity contribution is -0.128. The number of aldehydes is 1. The van der Waals surface area contributed by atoms with Crippen molar-refractivity contribution >= 4 is 35.8 Å². The lowest BCUT2D eigenvalue weighted by atomic mass is 10.1. The monoisotopic (exact) mass is 752 g/mol. The molecule has 0 spiro atoms. The Kier molecular flexibility index (Phi) is 31.3. The fourth-order valence-corrected chi connectivity index (χ4v) is 4.01. The molecule has 6 N–H and O–H groups in total. The molecular weight excluding hydrogens is 688 g/mol. The Morgan fingerprint density at radius 1 is 0.604 bits per heavy atom. The number of benzene rings is 1. The van der Waals surface area contributed by atoms with E-state index < -0.39 is 17.9 Å². The van der Waals surface area contributed by atoms with E-state index in [4.69, 9.17) is 18.9 Å². The number of hydrogen-bond donors (Lipinski definition) is 6. The van der Waals surface area contributed by atoms with Crippen molar-refractivity contribution in [3.8, 4) is 0 Å². The molecule has 0 saturated heterocycles. The van der Waals surface area contributed by atoms with E-state index in [-0.39, 0.29) is 43.8 Å². The zero-order valence-electron chi connectivity index (χ0n) is 32.3. The normalized spacial score (nSPS) is 11.2. The first-order chi connectivity index (χ1) is 25.5. The fourth-order valence-electron chi connectivity index (χ4n) is 4.01. The largest absolute Gasteiger partial charge is 0.379 e. The summed E-state index contributed by atoms with van der Waals surface area (Å²) in [4.78, 5) is 69.4. The Morgan fingerprint density at radius 2 is 1.13 bits per heavy atom. The molecule has 1 aromatic rings. The van der Waals surface area contributed by atoms with Crippen LogP contribution in [0.2, 0.25) is 0 Å². The van der Waals surface area contributed by atoms with Crippen LogP contribution >= 0.6 is 0 Å². The zero-order valence-corrected chi connectivity index (χ0v) is 32.3. The van der Waals surface area contributed by atoms with Crippen LogP contribution in [0.15, 0.2) is 30.3 Å². The third-order valence-electron chi connectivity index (χ3n) is 6.85. The molecule has 0 aromatic heterocycles. The molecule has 16 nitrogen and oxygen atoms in total. The van der Waals surface area contributed by atoms with Gasteiger partial charge in [-0.2, -0.15) is 0 Å². The minimum Gasteiger partial charge on any atom is -0.379 e. The standard InChI is InChI=1S/C30H48N4O9.C7H16N2O/c1-24(2)8-9-27(36)31-11-13-41-15-17-43-19-18-42-16-14-40-12-10-28(37)32-21-29(38)33-22-30(39)34-26(23-35)20-25-6-4-3-5-7-25;1-6(2)4-9-7(10)5-8-3/h3-7,23-24,26H,8-22H2,1-2H3,(H,31,36)(H,32,37)(H,33,38)(H,34,39);6,8H,4-5H2,1-3H3,(H,9,10). The van der Waals surface area contributed by atoms with Crippen LogP contribution in [0, 0.1) is 11.8 Å². The summed E-state index contributed by atoms with van der Waals surface area (Å²) in [6, 6.07) is 8.55. The number of rotatable bonds is 30. The zero-order chi connectivity index (χ0) is 39.5. The van der Waals surface area contributed by atoms with Gasteiger partial charge in [-0.15, -0.1) is 0 Å². The molecule has 302 valence electrons.